The van der Waals surface area contributed by atoms with E-state index in [1.807, 2.05) is 36.6 Å². The van der Waals surface area contributed by atoms with Crippen LogP contribution in [0.25, 0.3) is 0 Å². The molecule has 13 heteroatoms. The van der Waals surface area contributed by atoms with Crippen LogP contribution in [0.15, 0.2) is 36.8 Å². The van der Waals surface area contributed by atoms with Crippen LogP contribution in [0.4, 0.5) is 5.95 Å². The number of carbonyl (C=O) groups is 1. The molecule has 2 fully saturated rings. The van der Waals surface area contributed by atoms with Crippen molar-refractivity contribution >= 4 is 21.9 Å². The maximum absolute atomic E-state index is 14.6. The van der Waals surface area contributed by atoms with E-state index >= 15 is 0 Å². The summed E-state index contributed by atoms with van der Waals surface area (Å²) < 4.78 is 33.6. The zero-order valence-corrected chi connectivity index (χ0v) is 27.8. The number of sulfonamides is 1. The van der Waals surface area contributed by atoms with Gasteiger partial charge in [-0.3, -0.25) is 14.7 Å². The molecule has 1 N–H and O–H groups in total. The zero-order valence-electron chi connectivity index (χ0n) is 27.0. The summed E-state index contributed by atoms with van der Waals surface area (Å²) in [4.78, 5) is 27.8. The van der Waals surface area contributed by atoms with Crippen molar-refractivity contribution in [3.63, 3.8) is 0 Å². The van der Waals surface area contributed by atoms with Crippen LogP contribution < -0.4 is 10.1 Å². The number of anilines is 1. The van der Waals surface area contributed by atoms with Crippen molar-refractivity contribution in [2.75, 3.05) is 58.0 Å². The van der Waals surface area contributed by atoms with Gasteiger partial charge >= 0.3 is 0 Å². The van der Waals surface area contributed by atoms with E-state index < -0.39 is 10.0 Å². The Morgan fingerprint density at radius 2 is 1.89 bits per heavy atom. The average molecular weight is 647 g/mol. The first-order valence-electron chi connectivity index (χ1n) is 15.9. The lowest BCUT2D eigenvalue weighted by Gasteiger charge is -2.52. The van der Waals surface area contributed by atoms with E-state index in [4.69, 9.17) is 4.74 Å². The molecule has 1 saturated carbocycles. The molecule has 1 saturated heterocycles. The number of benzene rings is 1. The molecule has 46 heavy (non-hydrogen) atoms. The number of hydrogen-bond acceptors (Lipinski definition) is 9. The van der Waals surface area contributed by atoms with Crippen molar-refractivity contribution in [2.45, 2.75) is 57.7 Å². The quantitative estimate of drug-likeness (QED) is 0.352. The van der Waals surface area contributed by atoms with Crippen LogP contribution in [0, 0.1) is 11.3 Å². The van der Waals surface area contributed by atoms with Crippen LogP contribution in [0.5, 0.6) is 5.75 Å². The third-order valence-corrected chi connectivity index (χ3v) is 11.1. The second-order valence-corrected chi connectivity index (χ2v) is 14.6. The summed E-state index contributed by atoms with van der Waals surface area (Å²) in [5.41, 5.74) is 4.91. The monoisotopic (exact) mass is 646 g/mol. The highest BCUT2D eigenvalue weighted by molar-refractivity contribution is 7.88. The van der Waals surface area contributed by atoms with Gasteiger partial charge in [0.05, 0.1) is 31.1 Å². The predicted octanol–water partition coefficient (Wildman–Crippen LogP) is 3.35. The van der Waals surface area contributed by atoms with E-state index in [9.17, 15) is 18.5 Å². The number of carbonyl (C=O) groups excluding carboxylic acids is 1. The van der Waals surface area contributed by atoms with E-state index in [0.29, 0.717) is 69.4 Å². The van der Waals surface area contributed by atoms with Crippen molar-refractivity contribution < 1.29 is 17.9 Å². The van der Waals surface area contributed by atoms with Gasteiger partial charge in [-0.15, -0.1) is 0 Å². The lowest BCUT2D eigenvalue weighted by molar-refractivity contribution is 0.0481. The molecule has 12 nitrogen and oxygen atoms in total. The number of amides is 1. The molecule has 1 aliphatic carbocycles. The molecule has 0 radical (unpaired) electrons. The van der Waals surface area contributed by atoms with Gasteiger partial charge in [0.25, 0.3) is 5.91 Å². The molecule has 1 aromatic carbocycles. The zero-order chi connectivity index (χ0) is 32.6. The summed E-state index contributed by atoms with van der Waals surface area (Å²) in [7, 11) is -1.40. The van der Waals surface area contributed by atoms with Gasteiger partial charge in [0.2, 0.25) is 16.0 Å². The lowest BCUT2D eigenvalue weighted by Crippen LogP contribution is -2.54. The molecule has 2 aliphatic heterocycles. The minimum atomic E-state index is -3.23. The first-order valence-corrected chi connectivity index (χ1v) is 17.8. The van der Waals surface area contributed by atoms with Gasteiger partial charge in [-0.1, -0.05) is 12.5 Å². The fourth-order valence-corrected chi connectivity index (χ4v) is 8.08. The molecule has 3 aliphatic rings. The molecule has 0 bridgehead atoms. The fourth-order valence-electron chi connectivity index (χ4n) is 7.26. The summed E-state index contributed by atoms with van der Waals surface area (Å²) in [5.74, 6) is 1.19. The normalized spacial score (nSPS) is 18.9. The summed E-state index contributed by atoms with van der Waals surface area (Å²) in [6.45, 7) is 8.26. The molecule has 244 valence electrons. The van der Waals surface area contributed by atoms with Crippen LogP contribution >= 0.6 is 0 Å². The summed E-state index contributed by atoms with van der Waals surface area (Å²) in [5, 5.41) is 12.7. The summed E-state index contributed by atoms with van der Waals surface area (Å²) >= 11 is 0. The Morgan fingerprint density at radius 3 is 2.52 bits per heavy atom. The maximum Gasteiger partial charge on any atom is 0.254 e. The predicted molar refractivity (Wildman–Crippen MR) is 174 cm³/mol. The standard InChI is InChI=1S/C33H42N8O4S/c1-5-45-29-17-28(37-19-26(29)18-34)23(2)41-22-33(7-6-8-33)30-25(21-38-11-13-40(14-12-38)46(4,43)44)15-24(16-27(30)31(41)42)20-39-10-9-36-32(39)35-3/h9-10,15-17,19,23H,5-8,11-14,20-22H2,1-4H3,(H,35,36)/t23-/m0/s1. The minimum Gasteiger partial charge on any atom is -0.492 e. The maximum atomic E-state index is 14.6. The number of ether oxygens (including phenoxy) is 1. The molecule has 4 heterocycles. The van der Waals surface area contributed by atoms with E-state index in [2.05, 4.69) is 38.4 Å². The van der Waals surface area contributed by atoms with Crippen LogP contribution in [0.3, 0.4) is 0 Å². The third kappa shape index (κ3) is 5.97. The third-order valence-electron chi connectivity index (χ3n) is 9.77. The number of pyridine rings is 1. The van der Waals surface area contributed by atoms with Crippen molar-refractivity contribution in [1.29, 1.82) is 5.26 Å². The number of rotatable bonds is 10. The smallest absolute Gasteiger partial charge is 0.254 e. The highest BCUT2D eigenvalue weighted by atomic mass is 32.2. The highest BCUT2D eigenvalue weighted by Gasteiger charge is 2.49. The number of fused-ring (bicyclic) bond motifs is 2. The largest absolute Gasteiger partial charge is 0.492 e. The van der Waals surface area contributed by atoms with Gasteiger partial charge < -0.3 is 19.5 Å². The molecule has 2 aromatic heterocycles. The Morgan fingerprint density at radius 1 is 1.13 bits per heavy atom. The van der Waals surface area contributed by atoms with Gasteiger partial charge in [0.1, 0.15) is 17.4 Å². The van der Waals surface area contributed by atoms with Gasteiger partial charge in [-0.25, -0.2) is 13.4 Å². The molecular formula is C33H42N8O4S. The fraction of sp³-hybridized carbons (Fsp3) is 0.515. The number of hydrogen-bond donors (Lipinski definition) is 1. The van der Waals surface area contributed by atoms with Gasteiger partial charge in [0.15, 0.2) is 0 Å². The van der Waals surface area contributed by atoms with E-state index in [0.717, 1.165) is 47.5 Å². The van der Waals surface area contributed by atoms with E-state index in [-0.39, 0.29) is 17.4 Å². The number of nitrogens with zero attached hydrogens (tertiary/aromatic N) is 7. The second-order valence-electron chi connectivity index (χ2n) is 12.6. The summed E-state index contributed by atoms with van der Waals surface area (Å²) in [6, 6.07) is 7.90. The highest BCUT2D eigenvalue weighted by Crippen LogP contribution is 2.51. The van der Waals surface area contributed by atoms with Gasteiger partial charge in [-0.05, 0) is 49.4 Å². The van der Waals surface area contributed by atoms with Crippen LogP contribution in [0.2, 0.25) is 0 Å². The molecule has 1 spiro atoms. The Hall–Kier alpha value is -3.99. The van der Waals surface area contributed by atoms with Crippen LogP contribution in [-0.4, -0.2) is 95.6 Å². The van der Waals surface area contributed by atoms with Gasteiger partial charge in [-0.2, -0.15) is 9.57 Å². The van der Waals surface area contributed by atoms with Gasteiger partial charge in [0, 0.05) is 82.0 Å². The first-order chi connectivity index (χ1) is 22.1. The van der Waals surface area contributed by atoms with Crippen LogP contribution in [0.1, 0.15) is 77.5 Å². The molecule has 1 amide bonds. The molecular weight excluding hydrogens is 604 g/mol. The number of piperazine rings is 1. The van der Waals surface area contributed by atoms with E-state index in [1.54, 1.807) is 12.3 Å². The molecule has 6 rings (SSSR count). The average Bonchev–Trinajstić information content (AvgIpc) is 3.47. The SMILES string of the molecule is CCOc1cc([C@H](C)N2CC3(CCC3)c3c(CN4CCN(S(C)(=O)=O)CC4)cc(Cn4ccnc4NC)cc3C2=O)ncc1C#N. The first kappa shape index (κ1) is 32.0. The van der Waals surface area contributed by atoms with Crippen molar-refractivity contribution in [3.8, 4) is 11.8 Å². The van der Waals surface area contributed by atoms with Crippen molar-refractivity contribution in [3.05, 3.63) is 70.3 Å². The Labute approximate surface area is 271 Å². The molecule has 3 aromatic rings. The number of nitriles is 1. The Balaban J connectivity index is 1.39. The molecule has 1 atom stereocenters. The molecule has 0 unspecified atom stereocenters. The van der Waals surface area contributed by atoms with Crippen molar-refractivity contribution in [2.24, 2.45) is 0 Å². The van der Waals surface area contributed by atoms with Crippen LogP contribution in [-0.2, 0) is 28.5 Å². The van der Waals surface area contributed by atoms with E-state index in [1.165, 1.54) is 16.8 Å². The Bertz CT molecular complexity index is 1770. The number of aromatic nitrogens is 3. The number of imidazole rings is 1. The summed E-state index contributed by atoms with van der Waals surface area (Å²) in [6.07, 6.45) is 9.54. The topological polar surface area (TPSA) is 137 Å². The second kappa shape index (κ2) is 12.7. The Kier molecular flexibility index (Phi) is 8.80. The van der Waals surface area contributed by atoms with Crippen molar-refractivity contribution in [1.82, 2.24) is 28.6 Å². The minimum absolute atomic E-state index is 0.0337. The number of nitrogens with one attached hydrogen (secondary N) is 1. The lowest BCUT2D eigenvalue weighted by atomic mass is 9.60.